The zero-order valence-electron chi connectivity index (χ0n) is 9.45. The second kappa shape index (κ2) is 5.27. The van der Waals surface area contributed by atoms with E-state index < -0.39 is 0 Å². The summed E-state index contributed by atoms with van der Waals surface area (Å²) in [5, 5.41) is 0. The standard InChI is InChI=1S/C12H13BrClNO2/c1-15-7-9(4-5-14)17-11-3-2-8(13)6-10(11)12(15)16/h2-3,6,9H,4-5,7H2,1H3. The molecule has 92 valence electrons. The summed E-state index contributed by atoms with van der Waals surface area (Å²) in [7, 11) is 1.78. The van der Waals surface area contributed by atoms with Crippen LogP contribution in [0.4, 0.5) is 0 Å². The summed E-state index contributed by atoms with van der Waals surface area (Å²) in [6, 6.07) is 5.48. The highest BCUT2D eigenvalue weighted by Gasteiger charge is 2.26. The highest BCUT2D eigenvalue weighted by Crippen LogP contribution is 2.28. The van der Waals surface area contributed by atoms with E-state index in [4.69, 9.17) is 16.3 Å². The summed E-state index contributed by atoms with van der Waals surface area (Å²) in [6.07, 6.45) is 0.693. The van der Waals surface area contributed by atoms with Crippen molar-refractivity contribution in [2.24, 2.45) is 0 Å². The molecule has 5 heteroatoms. The van der Waals surface area contributed by atoms with Gasteiger partial charge in [-0.3, -0.25) is 4.79 Å². The Kier molecular flexibility index (Phi) is 3.94. The fourth-order valence-corrected chi connectivity index (χ4v) is 2.46. The molecule has 1 aliphatic rings. The van der Waals surface area contributed by atoms with E-state index in [9.17, 15) is 4.79 Å². The molecule has 1 atom stereocenters. The third kappa shape index (κ3) is 2.75. The van der Waals surface area contributed by atoms with Crippen LogP contribution >= 0.6 is 27.5 Å². The van der Waals surface area contributed by atoms with Crippen LogP contribution in [0, 0.1) is 0 Å². The average molecular weight is 319 g/mol. The van der Waals surface area contributed by atoms with Gasteiger partial charge in [0.15, 0.2) is 0 Å². The Balaban J connectivity index is 2.37. The first-order chi connectivity index (χ1) is 8.11. The maximum absolute atomic E-state index is 12.1. The van der Waals surface area contributed by atoms with E-state index in [1.54, 1.807) is 18.0 Å². The normalized spacial score (nSPS) is 19.6. The van der Waals surface area contributed by atoms with Gasteiger partial charge in [-0.1, -0.05) is 15.9 Å². The molecule has 3 nitrogen and oxygen atoms in total. The first kappa shape index (κ1) is 12.7. The molecule has 0 aromatic heterocycles. The zero-order chi connectivity index (χ0) is 12.4. The van der Waals surface area contributed by atoms with Crippen LogP contribution in [0.3, 0.4) is 0 Å². The minimum Gasteiger partial charge on any atom is -0.488 e. The van der Waals surface area contributed by atoms with E-state index in [2.05, 4.69) is 15.9 Å². The number of fused-ring (bicyclic) bond motifs is 1. The summed E-state index contributed by atoms with van der Waals surface area (Å²) >= 11 is 9.10. The lowest BCUT2D eigenvalue weighted by molar-refractivity contribution is 0.0759. The van der Waals surface area contributed by atoms with Gasteiger partial charge in [-0.25, -0.2) is 0 Å². The van der Waals surface area contributed by atoms with Gasteiger partial charge >= 0.3 is 0 Å². The van der Waals surface area contributed by atoms with E-state index in [0.29, 0.717) is 23.7 Å². The van der Waals surface area contributed by atoms with Crippen molar-refractivity contribution in [1.82, 2.24) is 4.90 Å². The van der Waals surface area contributed by atoms with Crippen molar-refractivity contribution in [2.45, 2.75) is 12.5 Å². The van der Waals surface area contributed by atoms with Crippen molar-refractivity contribution in [3.63, 3.8) is 0 Å². The number of halogens is 2. The summed E-state index contributed by atoms with van der Waals surface area (Å²) in [5.41, 5.74) is 0.596. The number of amides is 1. The van der Waals surface area contributed by atoms with Crippen LogP contribution < -0.4 is 4.74 Å². The van der Waals surface area contributed by atoms with Crippen molar-refractivity contribution in [3.05, 3.63) is 28.2 Å². The molecule has 0 fully saturated rings. The third-order valence-corrected chi connectivity index (χ3v) is 3.43. The third-order valence-electron chi connectivity index (χ3n) is 2.72. The molecule has 0 saturated heterocycles. The number of carbonyl (C=O) groups is 1. The van der Waals surface area contributed by atoms with Gasteiger partial charge in [0.2, 0.25) is 0 Å². The molecule has 1 aromatic carbocycles. The average Bonchev–Trinajstić information content (AvgIpc) is 2.40. The van der Waals surface area contributed by atoms with Crippen LogP contribution in [0.25, 0.3) is 0 Å². The lowest BCUT2D eigenvalue weighted by Gasteiger charge is -2.19. The van der Waals surface area contributed by atoms with Crippen molar-refractivity contribution in [3.8, 4) is 5.75 Å². The lowest BCUT2D eigenvalue weighted by Crippen LogP contribution is -2.34. The molecule has 1 amide bonds. The van der Waals surface area contributed by atoms with Crippen molar-refractivity contribution >= 4 is 33.4 Å². The van der Waals surface area contributed by atoms with E-state index >= 15 is 0 Å². The molecule has 1 unspecified atom stereocenters. The molecule has 1 heterocycles. The summed E-state index contributed by atoms with van der Waals surface area (Å²) in [6.45, 7) is 0.567. The van der Waals surface area contributed by atoms with Crippen LogP contribution in [-0.4, -0.2) is 36.4 Å². The Morgan fingerprint density at radius 3 is 3.06 bits per heavy atom. The van der Waals surface area contributed by atoms with Gasteiger partial charge in [0, 0.05) is 17.4 Å². The Bertz CT molecular complexity index is 439. The van der Waals surface area contributed by atoms with Crippen LogP contribution in [-0.2, 0) is 0 Å². The van der Waals surface area contributed by atoms with Gasteiger partial charge in [-0.05, 0) is 24.6 Å². The minimum absolute atomic E-state index is 0.0154. The number of hydrogen-bond donors (Lipinski definition) is 0. The second-order valence-corrected chi connectivity index (χ2v) is 5.34. The topological polar surface area (TPSA) is 29.5 Å². The maximum Gasteiger partial charge on any atom is 0.257 e. The Hall–Kier alpha value is -0.740. The number of nitrogens with zero attached hydrogens (tertiary/aromatic N) is 1. The van der Waals surface area contributed by atoms with Crippen LogP contribution in [0.2, 0.25) is 0 Å². The number of likely N-dealkylation sites (N-methyl/N-ethyl adjacent to an activating group) is 1. The predicted molar refractivity (Wildman–Crippen MR) is 70.9 cm³/mol. The van der Waals surface area contributed by atoms with Crippen molar-refractivity contribution in [1.29, 1.82) is 0 Å². The largest absolute Gasteiger partial charge is 0.488 e. The number of rotatable bonds is 2. The quantitative estimate of drug-likeness (QED) is 0.785. The molecule has 0 aliphatic carbocycles. The van der Waals surface area contributed by atoms with E-state index in [1.165, 1.54) is 0 Å². The zero-order valence-corrected chi connectivity index (χ0v) is 11.8. The molecule has 0 spiro atoms. The Labute approximate surface area is 114 Å². The van der Waals surface area contributed by atoms with Crippen LogP contribution in [0.5, 0.6) is 5.75 Å². The molecular formula is C12H13BrClNO2. The van der Waals surface area contributed by atoms with Gasteiger partial charge in [0.25, 0.3) is 5.91 Å². The van der Waals surface area contributed by atoms with Gasteiger partial charge in [-0.15, -0.1) is 11.6 Å². The first-order valence-corrected chi connectivity index (χ1v) is 6.72. The first-order valence-electron chi connectivity index (χ1n) is 5.39. The summed E-state index contributed by atoms with van der Waals surface area (Å²) in [5.74, 6) is 1.15. The molecule has 0 N–H and O–H groups in total. The number of hydrogen-bond acceptors (Lipinski definition) is 2. The monoisotopic (exact) mass is 317 g/mol. The van der Waals surface area contributed by atoms with E-state index in [-0.39, 0.29) is 12.0 Å². The molecule has 1 aliphatic heterocycles. The lowest BCUT2D eigenvalue weighted by atomic mass is 10.2. The molecular weight excluding hydrogens is 305 g/mol. The minimum atomic E-state index is -0.0381. The Morgan fingerprint density at radius 2 is 2.35 bits per heavy atom. The highest BCUT2D eigenvalue weighted by molar-refractivity contribution is 9.10. The molecule has 17 heavy (non-hydrogen) atoms. The van der Waals surface area contributed by atoms with Crippen LogP contribution in [0.15, 0.2) is 22.7 Å². The second-order valence-electron chi connectivity index (χ2n) is 4.04. The van der Waals surface area contributed by atoms with E-state index in [1.807, 2.05) is 12.1 Å². The number of alkyl halides is 1. The number of ether oxygens (including phenoxy) is 1. The van der Waals surface area contributed by atoms with Gasteiger partial charge in [0.1, 0.15) is 11.9 Å². The predicted octanol–water partition coefficient (Wildman–Crippen LogP) is 2.91. The number of benzene rings is 1. The van der Waals surface area contributed by atoms with Gasteiger partial charge in [0.05, 0.1) is 12.1 Å². The molecule has 0 saturated carbocycles. The fourth-order valence-electron chi connectivity index (χ4n) is 1.85. The SMILES string of the molecule is CN1CC(CCCl)Oc2ccc(Br)cc2C1=O. The molecule has 2 rings (SSSR count). The highest BCUT2D eigenvalue weighted by atomic mass is 79.9. The van der Waals surface area contributed by atoms with Gasteiger partial charge < -0.3 is 9.64 Å². The number of carbonyl (C=O) groups excluding carboxylic acids is 1. The van der Waals surface area contributed by atoms with Gasteiger partial charge in [-0.2, -0.15) is 0 Å². The summed E-state index contributed by atoms with van der Waals surface area (Å²) in [4.78, 5) is 13.8. The molecule has 1 aromatic rings. The fraction of sp³-hybridized carbons (Fsp3) is 0.417. The Morgan fingerprint density at radius 1 is 1.59 bits per heavy atom. The summed E-state index contributed by atoms with van der Waals surface area (Å²) < 4.78 is 6.70. The smallest absolute Gasteiger partial charge is 0.257 e. The van der Waals surface area contributed by atoms with Crippen LogP contribution in [0.1, 0.15) is 16.8 Å². The molecule has 0 bridgehead atoms. The van der Waals surface area contributed by atoms with Crippen molar-refractivity contribution < 1.29 is 9.53 Å². The molecule has 0 radical (unpaired) electrons. The van der Waals surface area contributed by atoms with E-state index in [0.717, 1.165) is 10.9 Å². The van der Waals surface area contributed by atoms with Crippen molar-refractivity contribution in [2.75, 3.05) is 19.5 Å². The maximum atomic E-state index is 12.1.